The van der Waals surface area contributed by atoms with Gasteiger partial charge in [-0.15, -0.1) is 5.10 Å². The molecule has 4 aliphatic carbocycles. The highest BCUT2D eigenvalue weighted by molar-refractivity contribution is 6.34. The summed E-state index contributed by atoms with van der Waals surface area (Å²) in [6.45, 7) is 0. The van der Waals surface area contributed by atoms with Gasteiger partial charge in [-0.1, -0.05) is 23.7 Å². The van der Waals surface area contributed by atoms with Gasteiger partial charge in [0, 0.05) is 11.0 Å². The molecular weight excluding hydrogens is 388 g/mol. The lowest BCUT2D eigenvalue weighted by atomic mass is 9.49. The summed E-state index contributed by atoms with van der Waals surface area (Å²) in [6.07, 6.45) is 7.89. The zero-order valence-corrected chi connectivity index (χ0v) is 17.1. The summed E-state index contributed by atoms with van der Waals surface area (Å²) < 4.78 is 6.52. The second-order valence-electron chi connectivity index (χ2n) is 9.24. The van der Waals surface area contributed by atoms with E-state index in [0.29, 0.717) is 22.1 Å². The number of methoxy groups -OCH3 is 1. The van der Waals surface area contributed by atoms with Gasteiger partial charge in [0.05, 0.1) is 18.4 Å². The molecule has 0 saturated heterocycles. The minimum Gasteiger partial charge on any atom is -0.465 e. The predicted octanol–water partition coefficient (Wildman–Crippen LogP) is 4.63. The largest absolute Gasteiger partial charge is 0.465 e. The highest BCUT2D eigenvalue weighted by atomic mass is 35.5. The minimum absolute atomic E-state index is 0.166. The molecule has 29 heavy (non-hydrogen) atoms. The first kappa shape index (κ1) is 17.5. The Morgan fingerprint density at radius 1 is 1.21 bits per heavy atom. The molecule has 4 aliphatic rings. The standard InChI is InChI=1S/C22H23ClN4O2/c1-29-21(28)16-4-2-3-15(8-16)19-24-20-17(23)18(25-27(20)26-19)22-9-12-5-13(10-22)7-14(6-12)11-22/h2-4,8,12-14,25H,5-7,9-11H2,1H3. The summed E-state index contributed by atoms with van der Waals surface area (Å²) in [4.78, 5) is 16.5. The summed E-state index contributed by atoms with van der Waals surface area (Å²) in [5.41, 5.74) is 3.19. The maximum absolute atomic E-state index is 11.8. The van der Waals surface area contributed by atoms with Gasteiger partial charge in [0.25, 0.3) is 0 Å². The molecule has 7 rings (SSSR count). The van der Waals surface area contributed by atoms with Crippen molar-refractivity contribution < 1.29 is 9.53 Å². The number of benzene rings is 1. The van der Waals surface area contributed by atoms with Crippen molar-refractivity contribution in [2.24, 2.45) is 17.8 Å². The van der Waals surface area contributed by atoms with Crippen LogP contribution in [-0.2, 0) is 10.2 Å². The van der Waals surface area contributed by atoms with E-state index < -0.39 is 0 Å². The van der Waals surface area contributed by atoms with Crippen LogP contribution in [0.3, 0.4) is 0 Å². The molecule has 3 aromatic rings. The van der Waals surface area contributed by atoms with Crippen LogP contribution in [0.2, 0.25) is 5.02 Å². The Bertz CT molecular complexity index is 1100. The van der Waals surface area contributed by atoms with Crippen LogP contribution in [0.1, 0.15) is 54.6 Å². The summed E-state index contributed by atoms with van der Waals surface area (Å²) in [5, 5.41) is 8.81. The van der Waals surface area contributed by atoms with Crippen molar-refractivity contribution in [3.63, 3.8) is 0 Å². The average molecular weight is 411 g/mol. The fourth-order valence-electron chi connectivity index (χ4n) is 6.59. The fraction of sp³-hybridized carbons (Fsp3) is 0.500. The number of hydrogen-bond acceptors (Lipinski definition) is 4. The molecule has 0 aliphatic heterocycles. The number of carbonyl (C=O) groups excluding carboxylic acids is 1. The van der Waals surface area contributed by atoms with Crippen LogP contribution in [0, 0.1) is 17.8 Å². The fourth-order valence-corrected chi connectivity index (χ4v) is 6.96. The van der Waals surface area contributed by atoms with E-state index in [0.717, 1.165) is 29.0 Å². The maximum Gasteiger partial charge on any atom is 0.337 e. The second kappa shape index (κ2) is 6.08. The first-order valence-corrected chi connectivity index (χ1v) is 10.8. The Kier molecular flexibility index (Phi) is 3.67. The van der Waals surface area contributed by atoms with Gasteiger partial charge < -0.3 is 4.74 Å². The summed E-state index contributed by atoms with van der Waals surface area (Å²) in [5.74, 6) is 2.70. The van der Waals surface area contributed by atoms with Gasteiger partial charge in [-0.05, 0) is 68.4 Å². The number of carbonyl (C=O) groups is 1. The van der Waals surface area contributed by atoms with Crippen molar-refractivity contribution in [1.29, 1.82) is 0 Å². The zero-order valence-electron chi connectivity index (χ0n) is 16.3. The number of fused-ring (bicyclic) bond motifs is 1. The number of aromatic amines is 1. The smallest absolute Gasteiger partial charge is 0.337 e. The van der Waals surface area contributed by atoms with Crippen LogP contribution in [0.25, 0.3) is 17.0 Å². The molecule has 6 nitrogen and oxygen atoms in total. The quantitative estimate of drug-likeness (QED) is 0.639. The van der Waals surface area contributed by atoms with Crippen molar-refractivity contribution in [2.45, 2.75) is 43.9 Å². The Balaban J connectivity index is 1.39. The molecule has 4 fully saturated rings. The monoisotopic (exact) mass is 410 g/mol. The molecule has 0 amide bonds. The Morgan fingerprint density at radius 3 is 2.52 bits per heavy atom. The van der Waals surface area contributed by atoms with Crippen LogP contribution in [-0.4, -0.2) is 32.9 Å². The minimum atomic E-state index is -0.376. The van der Waals surface area contributed by atoms with Gasteiger partial charge in [0.2, 0.25) is 0 Å². The third kappa shape index (κ3) is 2.58. The molecule has 0 spiro atoms. The summed E-state index contributed by atoms with van der Waals surface area (Å²) in [6, 6.07) is 7.15. The molecule has 0 atom stereocenters. The van der Waals surface area contributed by atoms with E-state index in [-0.39, 0.29) is 11.4 Å². The number of hydrogen-bond donors (Lipinski definition) is 1. The number of halogens is 1. The lowest BCUT2D eigenvalue weighted by Crippen LogP contribution is -2.48. The summed E-state index contributed by atoms with van der Waals surface area (Å²) >= 11 is 6.87. The lowest BCUT2D eigenvalue weighted by Gasteiger charge is -2.56. The van der Waals surface area contributed by atoms with E-state index in [4.69, 9.17) is 21.3 Å². The average Bonchev–Trinajstić information content (AvgIpc) is 3.26. The summed E-state index contributed by atoms with van der Waals surface area (Å²) in [7, 11) is 1.37. The van der Waals surface area contributed by atoms with Crippen LogP contribution >= 0.6 is 11.6 Å². The van der Waals surface area contributed by atoms with Crippen molar-refractivity contribution in [3.05, 3.63) is 40.5 Å². The topological polar surface area (TPSA) is 72.3 Å². The molecule has 4 bridgehead atoms. The van der Waals surface area contributed by atoms with Crippen LogP contribution in [0.4, 0.5) is 0 Å². The number of rotatable bonds is 3. The first-order chi connectivity index (χ1) is 14.0. The Hall–Kier alpha value is -2.34. The van der Waals surface area contributed by atoms with Gasteiger partial charge in [-0.25, -0.2) is 9.78 Å². The SMILES string of the molecule is COC(=O)c1cccc(-c2nc3c(Cl)c(C45CC6CC(CC(C6)C4)C5)[nH]n3n2)c1. The number of aromatic nitrogens is 4. The van der Waals surface area contributed by atoms with E-state index in [2.05, 4.69) is 10.2 Å². The van der Waals surface area contributed by atoms with E-state index in [9.17, 15) is 4.79 Å². The van der Waals surface area contributed by atoms with E-state index in [1.807, 2.05) is 6.07 Å². The molecular formula is C22H23ClN4O2. The third-order valence-corrected chi connectivity index (χ3v) is 7.71. The van der Waals surface area contributed by atoms with E-state index in [1.54, 1.807) is 22.8 Å². The molecule has 1 aromatic carbocycles. The number of H-pyrrole nitrogens is 1. The number of nitrogens with one attached hydrogen (secondary N) is 1. The maximum atomic E-state index is 11.8. The van der Waals surface area contributed by atoms with Gasteiger partial charge in [-0.3, -0.25) is 5.10 Å². The van der Waals surface area contributed by atoms with Gasteiger partial charge in [-0.2, -0.15) is 4.63 Å². The molecule has 2 aromatic heterocycles. The molecule has 150 valence electrons. The van der Waals surface area contributed by atoms with Crippen LogP contribution in [0.15, 0.2) is 24.3 Å². The van der Waals surface area contributed by atoms with Gasteiger partial charge in [0.1, 0.15) is 5.02 Å². The molecule has 4 saturated carbocycles. The van der Waals surface area contributed by atoms with Crippen LogP contribution in [0.5, 0.6) is 0 Å². The zero-order chi connectivity index (χ0) is 19.8. The highest BCUT2D eigenvalue weighted by Gasteiger charge is 2.53. The van der Waals surface area contributed by atoms with Crippen molar-refractivity contribution >= 4 is 23.2 Å². The van der Waals surface area contributed by atoms with Crippen LogP contribution < -0.4 is 0 Å². The van der Waals surface area contributed by atoms with Gasteiger partial charge >= 0.3 is 5.97 Å². The number of esters is 1. The predicted molar refractivity (Wildman–Crippen MR) is 109 cm³/mol. The van der Waals surface area contributed by atoms with Gasteiger partial charge in [0.15, 0.2) is 11.5 Å². The van der Waals surface area contributed by atoms with E-state index in [1.165, 1.54) is 45.6 Å². The molecule has 0 radical (unpaired) electrons. The Labute approximate surface area is 173 Å². The Morgan fingerprint density at radius 2 is 1.90 bits per heavy atom. The highest BCUT2D eigenvalue weighted by Crippen LogP contribution is 2.61. The van der Waals surface area contributed by atoms with E-state index >= 15 is 0 Å². The van der Waals surface area contributed by atoms with Crippen molar-refractivity contribution in [2.75, 3.05) is 7.11 Å². The molecule has 1 N–H and O–H groups in total. The molecule has 7 heteroatoms. The first-order valence-electron chi connectivity index (χ1n) is 10.4. The third-order valence-electron chi connectivity index (χ3n) is 7.35. The second-order valence-corrected chi connectivity index (χ2v) is 9.62. The molecule has 2 heterocycles. The lowest BCUT2D eigenvalue weighted by molar-refractivity contribution is -0.00732. The van der Waals surface area contributed by atoms with Crippen molar-refractivity contribution in [3.8, 4) is 11.4 Å². The van der Waals surface area contributed by atoms with Crippen molar-refractivity contribution in [1.82, 2.24) is 19.8 Å². The molecule has 0 unspecified atom stereocenters. The number of ether oxygens (including phenoxy) is 1. The number of nitrogens with zero attached hydrogens (tertiary/aromatic N) is 3. The normalized spacial score (nSPS) is 30.2.